The Kier molecular flexibility index (Phi) is 7.18. The van der Waals surface area contributed by atoms with Gasteiger partial charge in [-0.2, -0.15) is 0 Å². The molecule has 0 aliphatic carbocycles. The first-order valence-electron chi connectivity index (χ1n) is 5.80. The Labute approximate surface area is 89.4 Å². The second kappa shape index (κ2) is 7.61. The second-order valence-electron chi connectivity index (χ2n) is 3.77. The Hall–Kier alpha value is -0.780. The van der Waals surface area contributed by atoms with Crippen LogP contribution >= 0.6 is 0 Å². The molecule has 0 radical (unpaired) electrons. The van der Waals surface area contributed by atoms with Gasteiger partial charge in [0, 0.05) is 0 Å². The molecule has 0 bridgehead atoms. The lowest BCUT2D eigenvalue weighted by Gasteiger charge is -2.05. The zero-order valence-electron chi connectivity index (χ0n) is 10.3. The third-order valence-electron chi connectivity index (χ3n) is 2.04. The fourth-order valence-corrected chi connectivity index (χ4v) is 1.45. The highest BCUT2D eigenvalue weighted by Crippen LogP contribution is 2.10. The van der Waals surface area contributed by atoms with Crippen LogP contribution in [0.2, 0.25) is 0 Å². The minimum atomic E-state index is 0.761. The minimum absolute atomic E-state index is 0.761. The standard InChI is InChI=1S/C12H18.C2H6/c1-4-11-6-5-7-12(9-11)8-10(2)3;1-2/h5-7,9-10H,4,8H2,1-3H3;1-2H3. The zero-order valence-corrected chi connectivity index (χ0v) is 10.3. The topological polar surface area (TPSA) is 0 Å². The van der Waals surface area contributed by atoms with Crippen LogP contribution in [0.1, 0.15) is 45.7 Å². The van der Waals surface area contributed by atoms with Crippen molar-refractivity contribution in [1.29, 1.82) is 0 Å². The molecule has 0 atom stereocenters. The molecule has 1 aromatic carbocycles. The molecular formula is C14H24. The van der Waals surface area contributed by atoms with Crippen LogP contribution in [0.5, 0.6) is 0 Å². The molecule has 80 valence electrons. The Balaban J connectivity index is 0.000000791. The lowest BCUT2D eigenvalue weighted by molar-refractivity contribution is 0.647. The molecule has 14 heavy (non-hydrogen) atoms. The highest BCUT2D eigenvalue weighted by atomic mass is 14.0. The van der Waals surface area contributed by atoms with Gasteiger partial charge in [-0.3, -0.25) is 0 Å². The minimum Gasteiger partial charge on any atom is -0.0683 e. The van der Waals surface area contributed by atoms with Gasteiger partial charge in [-0.05, 0) is 29.9 Å². The molecule has 0 fully saturated rings. The molecule has 1 rings (SSSR count). The average molecular weight is 192 g/mol. The summed E-state index contributed by atoms with van der Waals surface area (Å²) in [7, 11) is 0. The van der Waals surface area contributed by atoms with Gasteiger partial charge in [-0.1, -0.05) is 58.9 Å². The molecule has 0 spiro atoms. The van der Waals surface area contributed by atoms with Gasteiger partial charge < -0.3 is 0 Å². The molecule has 0 saturated heterocycles. The van der Waals surface area contributed by atoms with Crippen LogP contribution in [0.25, 0.3) is 0 Å². The van der Waals surface area contributed by atoms with E-state index in [1.807, 2.05) is 13.8 Å². The van der Waals surface area contributed by atoms with Crippen molar-refractivity contribution in [3.8, 4) is 0 Å². The van der Waals surface area contributed by atoms with E-state index in [4.69, 9.17) is 0 Å². The maximum absolute atomic E-state index is 2.32. The van der Waals surface area contributed by atoms with Crippen LogP contribution in [0.3, 0.4) is 0 Å². The van der Waals surface area contributed by atoms with Gasteiger partial charge in [-0.15, -0.1) is 0 Å². The van der Waals surface area contributed by atoms with E-state index in [1.165, 1.54) is 17.5 Å². The maximum atomic E-state index is 2.32. The van der Waals surface area contributed by atoms with Crippen molar-refractivity contribution in [3.05, 3.63) is 35.4 Å². The molecule has 1 aromatic rings. The van der Waals surface area contributed by atoms with E-state index in [2.05, 4.69) is 45.0 Å². The summed E-state index contributed by atoms with van der Waals surface area (Å²) in [5, 5.41) is 0. The van der Waals surface area contributed by atoms with E-state index >= 15 is 0 Å². The Bertz CT molecular complexity index is 236. The first kappa shape index (κ1) is 13.2. The summed E-state index contributed by atoms with van der Waals surface area (Å²) >= 11 is 0. The van der Waals surface area contributed by atoms with Crippen LogP contribution in [-0.4, -0.2) is 0 Å². The third kappa shape index (κ3) is 5.06. The summed E-state index contributed by atoms with van der Waals surface area (Å²) < 4.78 is 0. The third-order valence-corrected chi connectivity index (χ3v) is 2.04. The molecule has 0 unspecified atom stereocenters. The first-order valence-corrected chi connectivity index (χ1v) is 5.80. The summed E-state index contributed by atoms with van der Waals surface area (Å²) in [6.07, 6.45) is 2.35. The molecule has 0 aliphatic rings. The van der Waals surface area contributed by atoms with E-state index in [-0.39, 0.29) is 0 Å². The SMILES string of the molecule is CC.CCc1cccc(CC(C)C)c1. The Morgan fingerprint density at radius 1 is 1.07 bits per heavy atom. The molecule has 0 nitrogen and oxygen atoms in total. The lowest BCUT2D eigenvalue weighted by atomic mass is 10.0. The fourth-order valence-electron chi connectivity index (χ4n) is 1.45. The van der Waals surface area contributed by atoms with Crippen molar-refractivity contribution in [2.24, 2.45) is 5.92 Å². The fraction of sp³-hybridized carbons (Fsp3) is 0.571. The first-order chi connectivity index (χ1) is 6.72. The van der Waals surface area contributed by atoms with Crippen molar-refractivity contribution < 1.29 is 0 Å². The summed E-state index contributed by atoms with van der Waals surface area (Å²) in [6, 6.07) is 8.90. The van der Waals surface area contributed by atoms with Gasteiger partial charge in [0.05, 0.1) is 0 Å². The molecular weight excluding hydrogens is 168 g/mol. The van der Waals surface area contributed by atoms with Crippen LogP contribution in [0.4, 0.5) is 0 Å². The van der Waals surface area contributed by atoms with Crippen LogP contribution in [0, 0.1) is 5.92 Å². The smallest absolute Gasteiger partial charge is 0.0256 e. The number of aryl methyl sites for hydroxylation is 1. The van der Waals surface area contributed by atoms with E-state index in [1.54, 1.807) is 0 Å². The monoisotopic (exact) mass is 192 g/mol. The number of hydrogen-bond acceptors (Lipinski definition) is 0. The van der Waals surface area contributed by atoms with Crippen molar-refractivity contribution in [3.63, 3.8) is 0 Å². The quantitative estimate of drug-likeness (QED) is 0.662. The van der Waals surface area contributed by atoms with Gasteiger partial charge >= 0.3 is 0 Å². The van der Waals surface area contributed by atoms with Crippen molar-refractivity contribution in [2.45, 2.75) is 47.5 Å². The summed E-state index contributed by atoms with van der Waals surface area (Å²) in [5.41, 5.74) is 2.93. The largest absolute Gasteiger partial charge is 0.0683 e. The summed E-state index contributed by atoms with van der Waals surface area (Å²) in [4.78, 5) is 0. The predicted molar refractivity (Wildman–Crippen MR) is 65.7 cm³/mol. The molecule has 0 saturated carbocycles. The Morgan fingerprint density at radius 3 is 2.14 bits per heavy atom. The lowest BCUT2D eigenvalue weighted by Crippen LogP contribution is -1.94. The van der Waals surface area contributed by atoms with Crippen molar-refractivity contribution in [2.75, 3.05) is 0 Å². The normalized spacial score (nSPS) is 9.57. The highest BCUT2D eigenvalue weighted by Gasteiger charge is 1.97. The summed E-state index contributed by atoms with van der Waals surface area (Å²) in [6.45, 7) is 10.7. The average Bonchev–Trinajstić information content (AvgIpc) is 2.20. The Morgan fingerprint density at radius 2 is 1.64 bits per heavy atom. The second-order valence-corrected chi connectivity index (χ2v) is 3.77. The maximum Gasteiger partial charge on any atom is -0.0256 e. The van der Waals surface area contributed by atoms with Crippen molar-refractivity contribution in [1.82, 2.24) is 0 Å². The van der Waals surface area contributed by atoms with Gasteiger partial charge in [0.1, 0.15) is 0 Å². The van der Waals surface area contributed by atoms with E-state index in [9.17, 15) is 0 Å². The van der Waals surface area contributed by atoms with Gasteiger partial charge in [0.25, 0.3) is 0 Å². The molecule has 0 heterocycles. The van der Waals surface area contributed by atoms with E-state index in [0.717, 1.165) is 12.3 Å². The summed E-state index contributed by atoms with van der Waals surface area (Å²) in [5.74, 6) is 0.761. The van der Waals surface area contributed by atoms with Crippen molar-refractivity contribution >= 4 is 0 Å². The van der Waals surface area contributed by atoms with Crippen LogP contribution in [0.15, 0.2) is 24.3 Å². The van der Waals surface area contributed by atoms with E-state index in [0.29, 0.717) is 0 Å². The van der Waals surface area contributed by atoms with Gasteiger partial charge in [0.15, 0.2) is 0 Å². The molecule has 0 N–H and O–H groups in total. The highest BCUT2D eigenvalue weighted by molar-refractivity contribution is 5.23. The number of hydrogen-bond donors (Lipinski definition) is 0. The molecule has 0 amide bonds. The van der Waals surface area contributed by atoms with Crippen LogP contribution in [-0.2, 0) is 12.8 Å². The van der Waals surface area contributed by atoms with Gasteiger partial charge in [-0.25, -0.2) is 0 Å². The number of rotatable bonds is 3. The van der Waals surface area contributed by atoms with Gasteiger partial charge in [0.2, 0.25) is 0 Å². The molecule has 0 heteroatoms. The molecule has 0 aliphatic heterocycles. The van der Waals surface area contributed by atoms with Crippen LogP contribution < -0.4 is 0 Å². The zero-order chi connectivity index (χ0) is 11.0. The van der Waals surface area contributed by atoms with E-state index < -0.39 is 0 Å². The predicted octanol–water partition coefficient (Wildman–Crippen LogP) is 4.47. The molecule has 0 aromatic heterocycles. The number of benzene rings is 1.